The molecule has 1 amide bonds. The van der Waals surface area contributed by atoms with E-state index in [4.69, 9.17) is 4.98 Å². The topological polar surface area (TPSA) is 57.3 Å². The van der Waals surface area contributed by atoms with Gasteiger partial charge >= 0.3 is 0 Å². The average molecular weight is 413 g/mol. The molecule has 2 aromatic heterocycles. The smallest absolute Gasteiger partial charge is 0.263 e. The first-order valence-corrected chi connectivity index (χ1v) is 11.1. The maximum absolute atomic E-state index is 14.9. The van der Waals surface area contributed by atoms with Gasteiger partial charge in [0.1, 0.15) is 16.4 Å². The number of thiophene rings is 1. The number of fused-ring (bicyclic) bond motifs is 5. The molecule has 5 rings (SSSR count). The van der Waals surface area contributed by atoms with Crippen LogP contribution < -0.4 is 15.5 Å². The van der Waals surface area contributed by atoms with Gasteiger partial charge in [-0.1, -0.05) is 13.8 Å². The van der Waals surface area contributed by atoms with Gasteiger partial charge in [-0.25, -0.2) is 9.37 Å². The number of amides is 1. The highest BCUT2D eigenvalue weighted by Gasteiger charge is 2.37. The van der Waals surface area contributed by atoms with E-state index >= 15 is 0 Å². The van der Waals surface area contributed by atoms with E-state index in [-0.39, 0.29) is 11.8 Å². The number of carbonyl (C=O) groups excluding carboxylic acids is 1. The summed E-state index contributed by atoms with van der Waals surface area (Å²) in [6, 6.07) is 8.19. The number of nitrogens with one attached hydrogen (secondary N) is 2. The Bertz CT molecular complexity index is 1100. The number of anilines is 2. The Morgan fingerprint density at radius 1 is 1.14 bits per heavy atom. The predicted octanol–water partition coefficient (Wildman–Crippen LogP) is 4.57. The van der Waals surface area contributed by atoms with Crippen LogP contribution in [0.2, 0.25) is 0 Å². The number of carbonyl (C=O) groups is 1. The minimum Gasteiger partial charge on any atom is -0.381 e. The molecule has 152 valence electrons. The van der Waals surface area contributed by atoms with Crippen LogP contribution in [0.4, 0.5) is 15.9 Å². The van der Waals surface area contributed by atoms with Crippen LogP contribution in [0, 0.1) is 5.92 Å². The van der Waals surface area contributed by atoms with Crippen molar-refractivity contribution in [3.8, 4) is 0 Å². The number of alkyl halides is 1. The molecular formula is C22H25FN4OS. The van der Waals surface area contributed by atoms with Gasteiger partial charge in [0.15, 0.2) is 0 Å². The van der Waals surface area contributed by atoms with Crippen molar-refractivity contribution in [2.24, 2.45) is 5.92 Å². The molecule has 0 aliphatic carbocycles. The number of piperidine rings is 1. The molecule has 1 fully saturated rings. The summed E-state index contributed by atoms with van der Waals surface area (Å²) >= 11 is 1.52. The van der Waals surface area contributed by atoms with Crippen LogP contribution in [0.15, 0.2) is 24.3 Å². The molecule has 0 saturated carbocycles. The van der Waals surface area contributed by atoms with E-state index in [9.17, 15) is 9.18 Å². The summed E-state index contributed by atoms with van der Waals surface area (Å²) in [5.41, 5.74) is 0.750. The molecule has 0 bridgehead atoms. The van der Waals surface area contributed by atoms with Crippen molar-refractivity contribution < 1.29 is 9.18 Å². The first kappa shape index (κ1) is 18.6. The SMILES string of the molecule is CC(C)C1(F)CCN(c2ccc3c(ccc4sc5c(c43)NCCNC5=O)n2)CC1. The zero-order valence-corrected chi connectivity index (χ0v) is 17.5. The normalized spacial score (nSPS) is 19.2. The number of benzene rings is 1. The van der Waals surface area contributed by atoms with Crippen LogP contribution in [0.5, 0.6) is 0 Å². The van der Waals surface area contributed by atoms with Crippen LogP contribution in [0.1, 0.15) is 36.4 Å². The summed E-state index contributed by atoms with van der Waals surface area (Å²) in [6.45, 7) is 6.63. The number of nitrogens with zero attached hydrogens (tertiary/aromatic N) is 2. The van der Waals surface area contributed by atoms with Crippen molar-refractivity contribution in [3.05, 3.63) is 29.1 Å². The van der Waals surface area contributed by atoms with Crippen LogP contribution in [-0.4, -0.2) is 42.7 Å². The monoisotopic (exact) mass is 412 g/mol. The van der Waals surface area contributed by atoms with Crippen LogP contribution in [0.25, 0.3) is 21.0 Å². The molecule has 1 saturated heterocycles. The summed E-state index contributed by atoms with van der Waals surface area (Å²) in [7, 11) is 0. The molecular weight excluding hydrogens is 387 g/mol. The minimum atomic E-state index is -1.07. The van der Waals surface area contributed by atoms with Gasteiger partial charge in [-0.3, -0.25) is 4.79 Å². The van der Waals surface area contributed by atoms with Gasteiger partial charge in [0.05, 0.1) is 11.2 Å². The van der Waals surface area contributed by atoms with Gasteiger partial charge in [0.2, 0.25) is 0 Å². The largest absolute Gasteiger partial charge is 0.381 e. The lowest BCUT2D eigenvalue weighted by atomic mass is 9.83. The highest BCUT2D eigenvalue weighted by Crippen LogP contribution is 2.41. The Morgan fingerprint density at radius 3 is 2.66 bits per heavy atom. The lowest BCUT2D eigenvalue weighted by molar-refractivity contribution is 0.0697. The Balaban J connectivity index is 1.53. The van der Waals surface area contributed by atoms with Gasteiger partial charge in [-0.2, -0.15) is 0 Å². The van der Waals surface area contributed by atoms with E-state index in [1.54, 1.807) is 0 Å². The predicted molar refractivity (Wildman–Crippen MR) is 118 cm³/mol. The van der Waals surface area contributed by atoms with Crippen LogP contribution >= 0.6 is 11.3 Å². The first-order valence-electron chi connectivity index (χ1n) is 10.3. The summed E-state index contributed by atoms with van der Waals surface area (Å²) in [5, 5.41) is 8.46. The van der Waals surface area contributed by atoms with E-state index < -0.39 is 5.67 Å². The fourth-order valence-electron chi connectivity index (χ4n) is 4.42. The maximum atomic E-state index is 14.9. The van der Waals surface area contributed by atoms with Crippen molar-refractivity contribution in [2.45, 2.75) is 32.4 Å². The molecule has 1 aromatic carbocycles. The summed E-state index contributed by atoms with van der Waals surface area (Å²) in [5.74, 6) is 0.924. The fourth-order valence-corrected chi connectivity index (χ4v) is 5.54. The maximum Gasteiger partial charge on any atom is 0.263 e. The van der Waals surface area contributed by atoms with Crippen molar-refractivity contribution in [1.29, 1.82) is 0 Å². The van der Waals surface area contributed by atoms with E-state index in [1.165, 1.54) is 11.3 Å². The lowest BCUT2D eigenvalue weighted by Crippen LogP contribution is -2.44. The molecule has 0 spiro atoms. The second-order valence-corrected chi connectivity index (χ2v) is 9.39. The lowest BCUT2D eigenvalue weighted by Gasteiger charge is -2.39. The van der Waals surface area contributed by atoms with Gasteiger partial charge in [-0.05, 0) is 43.0 Å². The van der Waals surface area contributed by atoms with Gasteiger partial charge in [-0.15, -0.1) is 11.3 Å². The number of hydrogen-bond donors (Lipinski definition) is 2. The number of aromatic nitrogens is 1. The van der Waals surface area contributed by atoms with Gasteiger partial charge in [0, 0.05) is 41.7 Å². The molecule has 0 radical (unpaired) electrons. The molecule has 0 atom stereocenters. The fraction of sp³-hybridized carbons (Fsp3) is 0.455. The highest BCUT2D eigenvalue weighted by atomic mass is 32.1. The highest BCUT2D eigenvalue weighted by molar-refractivity contribution is 7.21. The molecule has 2 aliphatic heterocycles. The van der Waals surface area contributed by atoms with Crippen molar-refractivity contribution in [1.82, 2.24) is 10.3 Å². The average Bonchev–Trinajstić information content (AvgIpc) is 3.01. The molecule has 5 nitrogen and oxygen atoms in total. The Morgan fingerprint density at radius 2 is 1.90 bits per heavy atom. The number of rotatable bonds is 2. The van der Waals surface area contributed by atoms with Gasteiger partial charge in [0.25, 0.3) is 5.91 Å². The van der Waals surface area contributed by atoms with Crippen LogP contribution in [-0.2, 0) is 0 Å². The van der Waals surface area contributed by atoms with Gasteiger partial charge < -0.3 is 15.5 Å². The van der Waals surface area contributed by atoms with Crippen molar-refractivity contribution in [3.63, 3.8) is 0 Å². The second kappa shape index (κ2) is 6.83. The Kier molecular flexibility index (Phi) is 4.38. The third-order valence-electron chi connectivity index (χ3n) is 6.38. The van der Waals surface area contributed by atoms with E-state index in [0.29, 0.717) is 39.0 Å². The molecule has 2 N–H and O–H groups in total. The van der Waals surface area contributed by atoms with E-state index in [1.807, 2.05) is 32.0 Å². The molecule has 3 aromatic rings. The summed E-state index contributed by atoms with van der Waals surface area (Å²) in [6.07, 6.45) is 1.08. The molecule has 0 unspecified atom stereocenters. The minimum absolute atomic E-state index is 0.0166. The number of pyridine rings is 1. The number of halogens is 1. The molecule has 2 aliphatic rings. The zero-order chi connectivity index (χ0) is 20.2. The van der Waals surface area contributed by atoms with Crippen LogP contribution in [0.3, 0.4) is 0 Å². The Hall–Kier alpha value is -2.41. The third-order valence-corrected chi connectivity index (χ3v) is 7.53. The third kappa shape index (κ3) is 3.03. The van der Waals surface area contributed by atoms with E-state index in [0.717, 1.165) is 37.4 Å². The standard InChI is InChI=1S/C22H25FN4OS/c1-13(2)22(23)7-11-27(12-8-22)17-6-3-14-15(26-17)4-5-16-18(14)19-20(29-16)21(28)25-10-9-24-19/h3-6,13,24H,7-12H2,1-2H3,(H,25,28). The Labute approximate surface area is 173 Å². The molecule has 7 heteroatoms. The summed E-state index contributed by atoms with van der Waals surface area (Å²) < 4.78 is 16.0. The van der Waals surface area contributed by atoms with E-state index in [2.05, 4.69) is 21.6 Å². The molecule has 29 heavy (non-hydrogen) atoms. The number of hydrogen-bond acceptors (Lipinski definition) is 5. The molecule has 4 heterocycles. The quantitative estimate of drug-likeness (QED) is 0.647. The summed E-state index contributed by atoms with van der Waals surface area (Å²) in [4.78, 5) is 20.2. The van der Waals surface area contributed by atoms with Crippen molar-refractivity contribution >= 4 is 49.7 Å². The first-order chi connectivity index (χ1) is 14.0. The zero-order valence-electron chi connectivity index (χ0n) is 16.7. The second-order valence-electron chi connectivity index (χ2n) is 8.34. The van der Waals surface area contributed by atoms with Crippen molar-refractivity contribution in [2.75, 3.05) is 36.4 Å².